The number of hydrogen-bond acceptors (Lipinski definition) is 6. The topological polar surface area (TPSA) is 80.8 Å². The molecule has 0 aliphatic heterocycles. The summed E-state index contributed by atoms with van der Waals surface area (Å²) < 4.78 is 9.69. The van der Waals surface area contributed by atoms with Crippen LogP contribution in [-0.4, -0.2) is 49.3 Å². The number of carbonyl (C=O) groups is 2. The van der Waals surface area contributed by atoms with Gasteiger partial charge in [0, 0.05) is 19.0 Å². The number of thiazole rings is 1. The molecule has 0 saturated carbocycles. The first kappa shape index (κ1) is 20.4. The molecule has 0 fully saturated rings. The van der Waals surface area contributed by atoms with Crippen LogP contribution < -0.4 is 5.32 Å². The van der Waals surface area contributed by atoms with Gasteiger partial charge in [-0.3, -0.25) is 0 Å². The summed E-state index contributed by atoms with van der Waals surface area (Å²) in [6.07, 6.45) is 0. The molecule has 1 heterocycles. The van der Waals surface area contributed by atoms with Crippen molar-refractivity contribution in [1.29, 1.82) is 0 Å². The molecule has 1 aromatic heterocycles. The highest BCUT2D eigenvalue weighted by atomic mass is 35.5. The predicted molar refractivity (Wildman–Crippen MR) is 101 cm³/mol. The molecule has 1 aromatic carbocycles. The van der Waals surface area contributed by atoms with Crippen LogP contribution in [0.3, 0.4) is 0 Å². The SMILES string of the molecule is COCCN(Cc1nc(C(=O)OC)cs1)C(=O)Nc1c(Cl)cccc1Cl. The van der Waals surface area contributed by atoms with E-state index in [2.05, 4.69) is 15.0 Å². The summed E-state index contributed by atoms with van der Waals surface area (Å²) in [5.74, 6) is -0.525. The van der Waals surface area contributed by atoms with E-state index in [0.717, 1.165) is 0 Å². The number of aromatic nitrogens is 1. The fourth-order valence-electron chi connectivity index (χ4n) is 2.00. The molecule has 7 nitrogen and oxygen atoms in total. The maximum Gasteiger partial charge on any atom is 0.357 e. The van der Waals surface area contributed by atoms with Crippen LogP contribution in [0.1, 0.15) is 15.5 Å². The summed E-state index contributed by atoms with van der Waals surface area (Å²) in [5, 5.41) is 5.53. The molecule has 0 aliphatic rings. The third-order valence-electron chi connectivity index (χ3n) is 3.32. The van der Waals surface area contributed by atoms with Crippen LogP contribution in [0.15, 0.2) is 23.6 Å². The molecule has 0 aliphatic carbocycles. The lowest BCUT2D eigenvalue weighted by Gasteiger charge is -2.22. The normalized spacial score (nSPS) is 10.5. The molecule has 0 spiro atoms. The minimum absolute atomic E-state index is 0.193. The van der Waals surface area contributed by atoms with Crippen LogP contribution in [-0.2, 0) is 16.0 Å². The van der Waals surface area contributed by atoms with Crippen molar-refractivity contribution in [3.05, 3.63) is 44.3 Å². The number of ether oxygens (including phenoxy) is 2. The number of rotatable bonds is 7. The van der Waals surface area contributed by atoms with Crippen molar-refractivity contribution >= 4 is 52.2 Å². The summed E-state index contributed by atoms with van der Waals surface area (Å²) in [5.41, 5.74) is 0.534. The van der Waals surface area contributed by atoms with Crippen LogP contribution in [0, 0.1) is 0 Å². The molecular weight excluding hydrogens is 401 g/mol. The number of methoxy groups -OCH3 is 2. The Morgan fingerprint density at radius 1 is 1.27 bits per heavy atom. The van der Waals surface area contributed by atoms with E-state index in [4.69, 9.17) is 27.9 Å². The molecule has 1 N–H and O–H groups in total. The Hall–Kier alpha value is -1.87. The van der Waals surface area contributed by atoms with Crippen molar-refractivity contribution in [1.82, 2.24) is 9.88 Å². The number of amides is 2. The zero-order valence-corrected chi connectivity index (χ0v) is 16.5. The van der Waals surface area contributed by atoms with Crippen molar-refractivity contribution in [2.45, 2.75) is 6.54 Å². The minimum atomic E-state index is -0.525. The summed E-state index contributed by atoms with van der Waals surface area (Å²) in [4.78, 5) is 29.8. The maximum atomic E-state index is 12.7. The first-order chi connectivity index (χ1) is 12.5. The van der Waals surface area contributed by atoms with E-state index in [1.54, 1.807) is 30.7 Å². The van der Waals surface area contributed by atoms with E-state index in [9.17, 15) is 9.59 Å². The molecule has 26 heavy (non-hydrogen) atoms. The number of anilines is 1. The van der Waals surface area contributed by atoms with Gasteiger partial charge in [0.15, 0.2) is 5.69 Å². The lowest BCUT2D eigenvalue weighted by Crippen LogP contribution is -2.37. The van der Waals surface area contributed by atoms with E-state index >= 15 is 0 Å². The molecule has 2 aromatic rings. The number of esters is 1. The molecule has 140 valence electrons. The van der Waals surface area contributed by atoms with Gasteiger partial charge in [0.2, 0.25) is 0 Å². The zero-order valence-electron chi connectivity index (χ0n) is 14.1. The van der Waals surface area contributed by atoms with Gasteiger partial charge in [0.1, 0.15) is 5.01 Å². The Kier molecular flexibility index (Phi) is 7.65. The van der Waals surface area contributed by atoms with Gasteiger partial charge in [-0.05, 0) is 12.1 Å². The average molecular weight is 418 g/mol. The predicted octanol–water partition coefficient (Wildman–Crippen LogP) is 3.92. The van der Waals surface area contributed by atoms with Crippen LogP contribution in [0.4, 0.5) is 10.5 Å². The highest BCUT2D eigenvalue weighted by Gasteiger charge is 2.19. The molecule has 2 rings (SSSR count). The Balaban J connectivity index is 2.14. The van der Waals surface area contributed by atoms with Gasteiger partial charge in [0.25, 0.3) is 0 Å². The molecular formula is C16H17Cl2N3O4S. The number of carbonyl (C=O) groups excluding carboxylic acids is 2. The zero-order chi connectivity index (χ0) is 19.1. The van der Waals surface area contributed by atoms with Gasteiger partial charge < -0.3 is 19.7 Å². The van der Waals surface area contributed by atoms with Crippen LogP contribution in [0.5, 0.6) is 0 Å². The second kappa shape index (κ2) is 9.72. The highest BCUT2D eigenvalue weighted by molar-refractivity contribution is 7.09. The van der Waals surface area contributed by atoms with Gasteiger partial charge >= 0.3 is 12.0 Å². The van der Waals surface area contributed by atoms with Crippen LogP contribution in [0.25, 0.3) is 0 Å². The fraction of sp³-hybridized carbons (Fsp3) is 0.312. The van der Waals surface area contributed by atoms with Gasteiger partial charge in [-0.2, -0.15) is 0 Å². The van der Waals surface area contributed by atoms with E-state index in [0.29, 0.717) is 33.9 Å². The second-order valence-electron chi connectivity index (χ2n) is 5.06. The Bertz CT molecular complexity index is 764. The maximum absolute atomic E-state index is 12.7. The summed E-state index contributed by atoms with van der Waals surface area (Å²) >= 11 is 13.4. The number of nitrogens with one attached hydrogen (secondary N) is 1. The Morgan fingerprint density at radius 3 is 2.58 bits per heavy atom. The quantitative estimate of drug-likeness (QED) is 0.690. The minimum Gasteiger partial charge on any atom is -0.464 e. The van der Waals surface area contributed by atoms with Gasteiger partial charge in [-0.15, -0.1) is 11.3 Å². The van der Waals surface area contributed by atoms with E-state index in [1.165, 1.54) is 23.3 Å². The number of para-hydroxylation sites is 1. The van der Waals surface area contributed by atoms with Crippen molar-refractivity contribution in [2.75, 3.05) is 32.7 Å². The molecule has 0 saturated heterocycles. The lowest BCUT2D eigenvalue weighted by molar-refractivity contribution is 0.0594. The number of benzene rings is 1. The van der Waals surface area contributed by atoms with Gasteiger partial charge in [-0.1, -0.05) is 29.3 Å². The molecule has 0 unspecified atom stereocenters. The summed E-state index contributed by atoms with van der Waals surface area (Å²) in [7, 11) is 2.83. The first-order valence-corrected chi connectivity index (χ1v) is 9.11. The Labute approximate surface area is 164 Å². The smallest absolute Gasteiger partial charge is 0.357 e. The standard InChI is InChI=1S/C16H17Cl2N3O4S/c1-24-7-6-21(8-13-19-12(9-26-13)15(22)25-2)16(23)20-14-10(17)4-3-5-11(14)18/h3-5,9H,6-8H2,1-2H3,(H,20,23). The highest BCUT2D eigenvalue weighted by Crippen LogP contribution is 2.30. The van der Waals surface area contributed by atoms with Crippen LogP contribution >= 0.6 is 34.5 Å². The fourth-order valence-corrected chi connectivity index (χ4v) is 3.27. The number of hydrogen-bond donors (Lipinski definition) is 1. The third-order valence-corrected chi connectivity index (χ3v) is 4.78. The monoisotopic (exact) mass is 417 g/mol. The van der Waals surface area contributed by atoms with Crippen LogP contribution in [0.2, 0.25) is 10.0 Å². The second-order valence-corrected chi connectivity index (χ2v) is 6.82. The first-order valence-electron chi connectivity index (χ1n) is 7.47. The van der Waals surface area contributed by atoms with E-state index in [-0.39, 0.29) is 12.2 Å². The largest absolute Gasteiger partial charge is 0.464 e. The lowest BCUT2D eigenvalue weighted by atomic mass is 10.3. The van der Waals surface area contributed by atoms with E-state index < -0.39 is 12.0 Å². The van der Waals surface area contributed by atoms with Crippen molar-refractivity contribution in [2.24, 2.45) is 0 Å². The van der Waals surface area contributed by atoms with Gasteiger partial charge in [-0.25, -0.2) is 14.6 Å². The molecule has 0 radical (unpaired) electrons. The molecule has 2 amide bonds. The summed E-state index contributed by atoms with van der Waals surface area (Å²) in [6.45, 7) is 0.843. The molecule has 0 atom stereocenters. The number of urea groups is 1. The van der Waals surface area contributed by atoms with E-state index in [1.807, 2.05) is 0 Å². The van der Waals surface area contributed by atoms with Gasteiger partial charge in [0.05, 0.1) is 36.0 Å². The van der Waals surface area contributed by atoms with Crippen molar-refractivity contribution in [3.63, 3.8) is 0 Å². The molecule has 10 heteroatoms. The van der Waals surface area contributed by atoms with Crippen molar-refractivity contribution < 1.29 is 19.1 Å². The summed E-state index contributed by atoms with van der Waals surface area (Å²) in [6, 6.07) is 4.54. The van der Waals surface area contributed by atoms with Crippen molar-refractivity contribution in [3.8, 4) is 0 Å². The number of halogens is 2. The Morgan fingerprint density at radius 2 is 1.96 bits per heavy atom. The molecule has 0 bridgehead atoms. The average Bonchev–Trinajstić information content (AvgIpc) is 3.09. The number of nitrogens with zero attached hydrogens (tertiary/aromatic N) is 2. The third kappa shape index (κ3) is 5.31.